The monoisotopic (exact) mass is 320 g/mol. The topological polar surface area (TPSA) is 65.0 Å². The molecule has 0 aliphatic carbocycles. The highest BCUT2D eigenvalue weighted by atomic mass is 16.5. The summed E-state index contributed by atoms with van der Waals surface area (Å²) in [7, 11) is 1.65. The zero-order valence-electron chi connectivity index (χ0n) is 14.4. The fourth-order valence-corrected chi connectivity index (χ4v) is 3.87. The maximum absolute atomic E-state index is 11.3. The second kappa shape index (κ2) is 5.32. The summed E-state index contributed by atoms with van der Waals surface area (Å²) < 4.78 is 17.7. The Morgan fingerprint density at radius 2 is 1.74 bits per heavy atom. The Kier molecular flexibility index (Phi) is 3.69. The third-order valence-corrected chi connectivity index (χ3v) is 4.65. The van der Waals surface area contributed by atoms with Crippen LogP contribution in [-0.4, -0.2) is 30.4 Å². The van der Waals surface area contributed by atoms with Crippen molar-refractivity contribution in [3.63, 3.8) is 0 Å². The predicted molar refractivity (Wildman–Crippen MR) is 85.9 cm³/mol. The second-order valence-electron chi connectivity index (χ2n) is 7.24. The highest BCUT2D eigenvalue weighted by molar-refractivity contribution is 5.72. The van der Waals surface area contributed by atoms with Crippen LogP contribution < -0.4 is 14.2 Å². The van der Waals surface area contributed by atoms with Gasteiger partial charge in [0.15, 0.2) is 11.5 Å². The average Bonchev–Trinajstić information content (AvgIpc) is 2.94. The molecule has 2 aliphatic heterocycles. The van der Waals surface area contributed by atoms with Crippen LogP contribution >= 0.6 is 0 Å². The lowest BCUT2D eigenvalue weighted by Crippen LogP contribution is -2.24. The molecule has 0 saturated carbocycles. The normalized spacial score (nSPS) is 22.1. The van der Waals surface area contributed by atoms with Crippen molar-refractivity contribution in [2.24, 2.45) is 0 Å². The van der Waals surface area contributed by atoms with Crippen LogP contribution in [-0.2, 0) is 23.1 Å². The van der Waals surface area contributed by atoms with Crippen molar-refractivity contribution in [3.8, 4) is 17.2 Å². The van der Waals surface area contributed by atoms with E-state index in [1.807, 2.05) is 27.7 Å². The van der Waals surface area contributed by atoms with Crippen LogP contribution in [0.2, 0.25) is 0 Å². The van der Waals surface area contributed by atoms with E-state index in [4.69, 9.17) is 14.2 Å². The predicted octanol–water partition coefficient (Wildman–Crippen LogP) is 3.09. The molecule has 0 radical (unpaired) electrons. The van der Waals surface area contributed by atoms with Gasteiger partial charge >= 0.3 is 5.97 Å². The maximum Gasteiger partial charge on any atom is 0.304 e. The Morgan fingerprint density at radius 3 is 2.30 bits per heavy atom. The highest BCUT2D eigenvalue weighted by Gasteiger charge is 2.41. The molecule has 0 aromatic heterocycles. The van der Waals surface area contributed by atoms with E-state index in [1.165, 1.54) is 0 Å². The van der Waals surface area contributed by atoms with E-state index in [9.17, 15) is 9.90 Å². The van der Waals surface area contributed by atoms with Gasteiger partial charge in [-0.25, -0.2) is 0 Å². The molecule has 0 amide bonds. The van der Waals surface area contributed by atoms with Crippen molar-refractivity contribution in [1.82, 2.24) is 0 Å². The zero-order chi connectivity index (χ0) is 16.9. The van der Waals surface area contributed by atoms with E-state index in [0.717, 1.165) is 46.8 Å². The number of hydrogen-bond acceptors (Lipinski definition) is 4. The van der Waals surface area contributed by atoms with Gasteiger partial charge in [0.25, 0.3) is 0 Å². The first-order valence-corrected chi connectivity index (χ1v) is 8.06. The van der Waals surface area contributed by atoms with Crippen LogP contribution in [0.1, 0.15) is 50.8 Å². The summed E-state index contributed by atoms with van der Waals surface area (Å²) in [6.45, 7) is 7.95. The molecule has 0 bridgehead atoms. The summed E-state index contributed by atoms with van der Waals surface area (Å²) >= 11 is 0. The molecule has 23 heavy (non-hydrogen) atoms. The fourth-order valence-electron chi connectivity index (χ4n) is 3.87. The minimum absolute atomic E-state index is 0.0460. The average molecular weight is 320 g/mol. The molecule has 1 aromatic rings. The van der Waals surface area contributed by atoms with Crippen LogP contribution in [0, 0.1) is 0 Å². The smallest absolute Gasteiger partial charge is 0.304 e. The van der Waals surface area contributed by atoms with Gasteiger partial charge in [-0.15, -0.1) is 0 Å². The number of benzene rings is 1. The van der Waals surface area contributed by atoms with Crippen LogP contribution in [0.3, 0.4) is 0 Å². The summed E-state index contributed by atoms with van der Waals surface area (Å²) in [4.78, 5) is 11.3. The molecule has 5 heteroatoms. The molecule has 3 rings (SSSR count). The van der Waals surface area contributed by atoms with E-state index in [1.54, 1.807) is 7.11 Å². The van der Waals surface area contributed by atoms with Crippen LogP contribution in [0.25, 0.3) is 0 Å². The van der Waals surface area contributed by atoms with Gasteiger partial charge in [-0.1, -0.05) is 13.8 Å². The number of rotatable bonds is 4. The third kappa shape index (κ3) is 2.52. The van der Waals surface area contributed by atoms with Crippen molar-refractivity contribution >= 4 is 5.97 Å². The summed E-state index contributed by atoms with van der Waals surface area (Å²) in [5.41, 5.74) is 2.47. The first kappa shape index (κ1) is 16.0. The van der Waals surface area contributed by atoms with Gasteiger partial charge in [0.1, 0.15) is 18.0 Å². The molecule has 2 unspecified atom stereocenters. The molecule has 0 fully saturated rings. The fraction of sp³-hybridized carbons (Fsp3) is 0.611. The zero-order valence-corrected chi connectivity index (χ0v) is 14.4. The van der Waals surface area contributed by atoms with Crippen molar-refractivity contribution < 1.29 is 24.1 Å². The number of fused-ring (bicyclic) bond motifs is 2. The van der Waals surface area contributed by atoms with Gasteiger partial charge in [-0.3, -0.25) is 4.79 Å². The molecule has 0 saturated heterocycles. The number of ether oxygens (including phenoxy) is 3. The SMILES string of the molecule is COc1c2c(c(C(C)(C)CC(=O)O)c3c1OC(C)C3)OC(C)C2. The molecule has 2 heterocycles. The number of carboxylic acid groups (broad SMARTS) is 1. The molecule has 2 atom stereocenters. The van der Waals surface area contributed by atoms with Crippen molar-refractivity contribution in [3.05, 3.63) is 16.7 Å². The molecule has 5 nitrogen and oxygen atoms in total. The first-order valence-electron chi connectivity index (χ1n) is 8.06. The molecule has 0 spiro atoms. The van der Waals surface area contributed by atoms with Crippen molar-refractivity contribution in [2.75, 3.05) is 7.11 Å². The number of hydrogen-bond donors (Lipinski definition) is 1. The first-order chi connectivity index (χ1) is 10.7. The van der Waals surface area contributed by atoms with Gasteiger partial charge in [-0.05, 0) is 13.8 Å². The molecule has 2 aliphatic rings. The Bertz CT molecular complexity index is 623. The van der Waals surface area contributed by atoms with Crippen LogP contribution in [0.15, 0.2) is 0 Å². The van der Waals surface area contributed by atoms with Crippen LogP contribution in [0.5, 0.6) is 17.2 Å². The van der Waals surface area contributed by atoms with Crippen molar-refractivity contribution in [1.29, 1.82) is 0 Å². The second-order valence-corrected chi connectivity index (χ2v) is 7.24. The van der Waals surface area contributed by atoms with E-state index in [2.05, 4.69) is 0 Å². The minimum Gasteiger partial charge on any atom is -0.492 e. The summed E-state index contributed by atoms with van der Waals surface area (Å²) in [6.07, 6.45) is 1.65. The quantitative estimate of drug-likeness (QED) is 0.923. The number of carbonyl (C=O) groups is 1. The molecule has 126 valence electrons. The van der Waals surface area contributed by atoms with Crippen molar-refractivity contribution in [2.45, 2.75) is 64.6 Å². The molecule has 1 N–H and O–H groups in total. The summed E-state index contributed by atoms with van der Waals surface area (Å²) in [5, 5.41) is 9.32. The molecular weight excluding hydrogens is 296 g/mol. The largest absolute Gasteiger partial charge is 0.492 e. The Balaban J connectivity index is 2.26. The number of aliphatic carboxylic acids is 1. The van der Waals surface area contributed by atoms with E-state index < -0.39 is 11.4 Å². The third-order valence-electron chi connectivity index (χ3n) is 4.65. The minimum atomic E-state index is -0.814. The standard InChI is InChI=1S/C18H24O5/c1-9-6-11-14(18(3,4)8-13(19)20)15-12(7-10(2)22-15)16(21-5)17(11)23-9/h9-10H,6-8H2,1-5H3,(H,19,20). The molecular formula is C18H24O5. The summed E-state index contributed by atoms with van der Waals surface area (Å²) in [5.74, 6) is 1.51. The Morgan fingerprint density at radius 1 is 1.17 bits per heavy atom. The van der Waals surface area contributed by atoms with Gasteiger partial charge < -0.3 is 19.3 Å². The van der Waals surface area contributed by atoms with Gasteiger partial charge in [0.05, 0.1) is 13.5 Å². The Hall–Kier alpha value is -1.91. The highest BCUT2D eigenvalue weighted by Crippen LogP contribution is 2.54. The van der Waals surface area contributed by atoms with E-state index in [0.29, 0.717) is 0 Å². The number of carboxylic acids is 1. The lowest BCUT2D eigenvalue weighted by Gasteiger charge is -2.28. The number of methoxy groups -OCH3 is 1. The molecule has 1 aromatic carbocycles. The van der Waals surface area contributed by atoms with Crippen LogP contribution in [0.4, 0.5) is 0 Å². The maximum atomic E-state index is 11.3. The van der Waals surface area contributed by atoms with Gasteiger partial charge in [-0.2, -0.15) is 0 Å². The van der Waals surface area contributed by atoms with E-state index in [-0.39, 0.29) is 18.6 Å². The lowest BCUT2D eigenvalue weighted by atomic mass is 9.76. The van der Waals surface area contributed by atoms with E-state index >= 15 is 0 Å². The Labute approximate surface area is 136 Å². The lowest BCUT2D eigenvalue weighted by molar-refractivity contribution is -0.138. The van der Waals surface area contributed by atoms with Gasteiger partial charge in [0.2, 0.25) is 0 Å². The van der Waals surface area contributed by atoms with Gasteiger partial charge in [0, 0.05) is 34.9 Å². The summed E-state index contributed by atoms with van der Waals surface area (Å²) in [6, 6.07) is 0.